The summed E-state index contributed by atoms with van der Waals surface area (Å²) in [6, 6.07) is 8.69. The molecule has 1 aromatic rings. The van der Waals surface area contributed by atoms with Gasteiger partial charge in [-0.25, -0.2) is 0 Å². The van der Waals surface area contributed by atoms with Gasteiger partial charge in [-0.3, -0.25) is 0 Å². The maximum absolute atomic E-state index is 4.70. The van der Waals surface area contributed by atoms with E-state index < -0.39 is 0 Å². The third-order valence-electron chi connectivity index (χ3n) is 8.09. The zero-order valence-corrected chi connectivity index (χ0v) is 20.1. The number of thiocarbonyl (C=S) groups is 1. The molecule has 2 aliphatic carbocycles. The van der Waals surface area contributed by atoms with Gasteiger partial charge < -0.3 is 0 Å². The molecule has 0 aromatic heterocycles. The summed E-state index contributed by atoms with van der Waals surface area (Å²) in [7, 11) is 0. The summed E-state index contributed by atoms with van der Waals surface area (Å²) < 4.78 is 0. The van der Waals surface area contributed by atoms with E-state index in [0.29, 0.717) is 0 Å². The van der Waals surface area contributed by atoms with Gasteiger partial charge in [-0.15, -0.1) is 0 Å². The van der Waals surface area contributed by atoms with Crippen LogP contribution in [-0.4, -0.2) is 5.16 Å². The highest BCUT2D eigenvalue weighted by Gasteiger charge is 2.31. The third-order valence-corrected chi connectivity index (χ3v) is 8.18. The largest absolute Gasteiger partial charge is 0.195 e. The van der Waals surface area contributed by atoms with E-state index in [1.54, 1.807) is 0 Å². The Morgan fingerprint density at radius 1 is 0.767 bits per heavy atom. The van der Waals surface area contributed by atoms with Crippen molar-refractivity contribution < 1.29 is 0 Å². The van der Waals surface area contributed by atoms with E-state index in [4.69, 9.17) is 12.2 Å². The van der Waals surface area contributed by atoms with Crippen LogP contribution in [0.2, 0.25) is 0 Å². The van der Waals surface area contributed by atoms with Gasteiger partial charge in [0.15, 0.2) is 0 Å². The van der Waals surface area contributed by atoms with Gasteiger partial charge in [0, 0.05) is 0 Å². The van der Waals surface area contributed by atoms with Gasteiger partial charge >= 0.3 is 0 Å². The number of unbranched alkanes of at least 4 members (excludes halogenated alkanes) is 6. The highest BCUT2D eigenvalue weighted by atomic mass is 32.1. The van der Waals surface area contributed by atoms with Crippen LogP contribution >= 0.6 is 12.2 Å². The molecule has 2 fully saturated rings. The molecule has 0 amide bonds. The Balaban J connectivity index is 1.30. The lowest BCUT2D eigenvalue weighted by molar-refractivity contribution is 0.155. The first-order valence-electron chi connectivity index (χ1n) is 13.0. The summed E-state index contributed by atoms with van der Waals surface area (Å²) in [6.07, 6.45) is 23.4. The number of isothiocyanates is 1. The van der Waals surface area contributed by atoms with Gasteiger partial charge in [-0.1, -0.05) is 83.3 Å². The van der Waals surface area contributed by atoms with Crippen LogP contribution in [0.25, 0.3) is 0 Å². The SMILES string of the molecule is CCCCCCCCCC1CCC(C2CCC(c3ccc(N=C=S)cc3)CC2)CC1. The number of hydrogen-bond acceptors (Lipinski definition) is 2. The van der Waals surface area contributed by atoms with Crippen LogP contribution in [0.15, 0.2) is 29.3 Å². The number of benzene rings is 1. The molecule has 30 heavy (non-hydrogen) atoms. The van der Waals surface area contributed by atoms with Crippen molar-refractivity contribution in [1.82, 2.24) is 0 Å². The second kappa shape index (κ2) is 13.4. The molecule has 166 valence electrons. The number of hydrogen-bond donors (Lipinski definition) is 0. The zero-order chi connectivity index (χ0) is 21.0. The number of nitrogens with zero attached hydrogens (tertiary/aromatic N) is 1. The van der Waals surface area contributed by atoms with E-state index >= 15 is 0 Å². The van der Waals surface area contributed by atoms with Crippen molar-refractivity contribution in [3.8, 4) is 0 Å². The van der Waals surface area contributed by atoms with Crippen molar-refractivity contribution in [3.63, 3.8) is 0 Å². The summed E-state index contributed by atoms with van der Waals surface area (Å²) >= 11 is 4.70. The van der Waals surface area contributed by atoms with Crippen molar-refractivity contribution in [2.45, 2.75) is 116 Å². The van der Waals surface area contributed by atoms with Gasteiger partial charge in [-0.05, 0) is 92.1 Å². The molecule has 0 N–H and O–H groups in total. The van der Waals surface area contributed by atoms with Crippen LogP contribution in [0.4, 0.5) is 5.69 Å². The minimum atomic E-state index is 0.750. The summed E-state index contributed by atoms with van der Waals surface area (Å²) in [6.45, 7) is 2.31. The topological polar surface area (TPSA) is 12.4 Å². The molecular weight excluding hydrogens is 382 g/mol. The van der Waals surface area contributed by atoms with E-state index in [2.05, 4.69) is 41.3 Å². The molecule has 2 saturated carbocycles. The van der Waals surface area contributed by atoms with Gasteiger partial charge in [0.05, 0.1) is 10.8 Å². The fourth-order valence-corrected chi connectivity index (χ4v) is 6.24. The van der Waals surface area contributed by atoms with E-state index in [1.165, 1.54) is 108 Å². The molecule has 0 bridgehead atoms. The van der Waals surface area contributed by atoms with Crippen molar-refractivity contribution in [2.75, 3.05) is 0 Å². The Kier molecular flexibility index (Phi) is 10.6. The van der Waals surface area contributed by atoms with Crippen LogP contribution in [0, 0.1) is 17.8 Å². The van der Waals surface area contributed by atoms with E-state index in [1.807, 2.05) is 0 Å². The van der Waals surface area contributed by atoms with Gasteiger partial charge in [0.25, 0.3) is 0 Å². The Morgan fingerprint density at radius 2 is 1.33 bits per heavy atom. The first kappa shape index (κ1) is 23.7. The van der Waals surface area contributed by atoms with Crippen LogP contribution < -0.4 is 0 Å². The minimum absolute atomic E-state index is 0.750. The van der Waals surface area contributed by atoms with Crippen LogP contribution in [-0.2, 0) is 0 Å². The molecule has 0 radical (unpaired) electrons. The first-order valence-corrected chi connectivity index (χ1v) is 13.4. The Morgan fingerprint density at radius 3 is 1.93 bits per heavy atom. The molecule has 1 aromatic carbocycles. The number of aliphatic imine (C=N–C) groups is 1. The highest BCUT2D eigenvalue weighted by Crippen LogP contribution is 2.44. The quantitative estimate of drug-likeness (QED) is 0.195. The standard InChI is InChI=1S/C28H43NS/c1-2-3-4-5-6-7-8-9-23-10-12-24(13-11-23)25-14-16-26(17-15-25)27-18-20-28(21-19-27)29-22-30/h18-21,23-26H,2-17H2,1H3. The molecule has 0 saturated heterocycles. The monoisotopic (exact) mass is 425 g/mol. The maximum Gasteiger partial charge on any atom is 0.0739 e. The predicted octanol–water partition coefficient (Wildman–Crippen LogP) is 9.64. The maximum atomic E-state index is 4.70. The van der Waals surface area contributed by atoms with Crippen molar-refractivity contribution in [2.24, 2.45) is 22.7 Å². The second-order valence-corrected chi connectivity index (χ2v) is 10.3. The van der Waals surface area contributed by atoms with Gasteiger partial charge in [0.1, 0.15) is 0 Å². The summed E-state index contributed by atoms with van der Waals surface area (Å²) in [5.74, 6) is 3.82. The van der Waals surface area contributed by atoms with Crippen LogP contribution in [0.3, 0.4) is 0 Å². The van der Waals surface area contributed by atoms with Gasteiger partial charge in [0.2, 0.25) is 0 Å². The highest BCUT2D eigenvalue weighted by molar-refractivity contribution is 7.78. The average Bonchev–Trinajstić information content (AvgIpc) is 2.80. The first-order chi connectivity index (χ1) is 14.8. The third kappa shape index (κ3) is 7.61. The molecular formula is C28H43NS. The lowest BCUT2D eigenvalue weighted by Crippen LogP contribution is -2.25. The predicted molar refractivity (Wildman–Crippen MR) is 134 cm³/mol. The van der Waals surface area contributed by atoms with Crippen molar-refractivity contribution in [1.29, 1.82) is 0 Å². The Bertz CT molecular complexity index is 629. The lowest BCUT2D eigenvalue weighted by Gasteiger charge is -2.38. The van der Waals surface area contributed by atoms with Crippen molar-refractivity contribution >= 4 is 23.1 Å². The van der Waals surface area contributed by atoms with Crippen molar-refractivity contribution in [3.05, 3.63) is 29.8 Å². The molecule has 3 rings (SSSR count). The Hall–Kier alpha value is -0.980. The van der Waals surface area contributed by atoms with Crippen LogP contribution in [0.1, 0.15) is 121 Å². The molecule has 0 spiro atoms. The fourth-order valence-electron chi connectivity index (χ4n) is 6.14. The molecule has 2 heteroatoms. The average molecular weight is 426 g/mol. The molecule has 0 unspecified atom stereocenters. The lowest BCUT2D eigenvalue weighted by atomic mass is 9.68. The normalized spacial score (nSPS) is 26.8. The Labute approximate surface area is 191 Å². The fraction of sp³-hybridized carbons (Fsp3) is 0.750. The van der Waals surface area contributed by atoms with Gasteiger partial charge in [-0.2, -0.15) is 4.99 Å². The molecule has 0 heterocycles. The van der Waals surface area contributed by atoms with E-state index in [0.717, 1.165) is 29.4 Å². The van der Waals surface area contributed by atoms with E-state index in [9.17, 15) is 0 Å². The second-order valence-electron chi connectivity index (χ2n) is 10.1. The number of rotatable bonds is 11. The molecule has 2 aliphatic rings. The summed E-state index contributed by atoms with van der Waals surface area (Å²) in [5, 5.41) is 2.46. The minimum Gasteiger partial charge on any atom is -0.195 e. The van der Waals surface area contributed by atoms with E-state index in [-0.39, 0.29) is 0 Å². The van der Waals surface area contributed by atoms with Crippen LogP contribution in [0.5, 0.6) is 0 Å². The summed E-state index contributed by atoms with van der Waals surface area (Å²) in [5.41, 5.74) is 2.42. The smallest absolute Gasteiger partial charge is 0.0739 e. The molecule has 0 aliphatic heterocycles. The zero-order valence-electron chi connectivity index (χ0n) is 19.3. The molecule has 0 atom stereocenters. The molecule has 1 nitrogen and oxygen atoms in total. The summed E-state index contributed by atoms with van der Waals surface area (Å²) in [4.78, 5) is 4.08.